The topological polar surface area (TPSA) is 38.7 Å². The van der Waals surface area contributed by atoms with Gasteiger partial charge in [0.15, 0.2) is 0 Å². The molecular formula is C15H10BrN3. The van der Waals surface area contributed by atoms with Crippen molar-refractivity contribution in [3.05, 3.63) is 65.8 Å². The minimum atomic E-state index is 0.919. The van der Waals surface area contributed by atoms with Crippen LogP contribution in [-0.4, -0.2) is 15.0 Å². The molecule has 0 saturated carbocycles. The van der Waals surface area contributed by atoms with Crippen LogP contribution in [0.25, 0.3) is 22.4 Å². The molecule has 0 amide bonds. The minimum absolute atomic E-state index is 0.919. The molecule has 0 radical (unpaired) electrons. The van der Waals surface area contributed by atoms with Crippen molar-refractivity contribution in [3.8, 4) is 22.4 Å². The second kappa shape index (κ2) is 5.28. The molecule has 0 N–H and O–H groups in total. The fourth-order valence-corrected chi connectivity index (χ4v) is 2.25. The lowest BCUT2D eigenvalue weighted by Crippen LogP contribution is -1.90. The Morgan fingerprint density at radius 1 is 0.842 bits per heavy atom. The van der Waals surface area contributed by atoms with Gasteiger partial charge >= 0.3 is 0 Å². The first kappa shape index (κ1) is 12.0. The number of pyridine rings is 3. The summed E-state index contributed by atoms with van der Waals surface area (Å²) >= 11 is 3.47. The third-order valence-corrected chi connectivity index (χ3v) is 3.21. The quantitative estimate of drug-likeness (QED) is 0.719. The summed E-state index contributed by atoms with van der Waals surface area (Å²) in [5, 5.41) is 0. The molecule has 0 unspecified atom stereocenters. The summed E-state index contributed by atoms with van der Waals surface area (Å²) in [4.78, 5) is 12.7. The Bertz CT molecular complexity index is 684. The van der Waals surface area contributed by atoms with Gasteiger partial charge in [0.05, 0.1) is 5.69 Å². The lowest BCUT2D eigenvalue weighted by atomic mass is 10.0. The van der Waals surface area contributed by atoms with E-state index in [9.17, 15) is 0 Å². The van der Waals surface area contributed by atoms with E-state index < -0.39 is 0 Å². The molecule has 0 fully saturated rings. The van der Waals surface area contributed by atoms with Gasteiger partial charge in [0.1, 0.15) is 0 Å². The highest BCUT2D eigenvalue weighted by atomic mass is 79.9. The Hall–Kier alpha value is -2.07. The third-order valence-electron chi connectivity index (χ3n) is 2.78. The lowest BCUT2D eigenvalue weighted by molar-refractivity contribution is 1.26. The maximum atomic E-state index is 4.52. The molecule has 92 valence electrons. The van der Waals surface area contributed by atoms with Gasteiger partial charge in [0.25, 0.3) is 0 Å². The smallest absolute Gasteiger partial charge is 0.0796 e. The van der Waals surface area contributed by atoms with Crippen LogP contribution in [0.4, 0.5) is 0 Å². The van der Waals surface area contributed by atoms with Crippen molar-refractivity contribution < 1.29 is 0 Å². The molecule has 0 aromatic carbocycles. The van der Waals surface area contributed by atoms with Crippen molar-refractivity contribution >= 4 is 15.9 Å². The first-order valence-electron chi connectivity index (χ1n) is 5.81. The Balaban J connectivity index is 2.21. The normalized spacial score (nSPS) is 10.4. The summed E-state index contributed by atoms with van der Waals surface area (Å²) in [6, 6.07) is 9.93. The van der Waals surface area contributed by atoms with E-state index in [1.54, 1.807) is 24.8 Å². The molecule has 3 rings (SSSR count). The van der Waals surface area contributed by atoms with E-state index in [-0.39, 0.29) is 0 Å². The maximum absolute atomic E-state index is 4.52. The van der Waals surface area contributed by atoms with Crippen LogP contribution >= 0.6 is 15.9 Å². The zero-order valence-corrected chi connectivity index (χ0v) is 11.6. The van der Waals surface area contributed by atoms with Gasteiger partial charge in [-0.2, -0.15) is 0 Å². The van der Waals surface area contributed by atoms with Crippen LogP contribution in [0.15, 0.2) is 65.8 Å². The molecule has 0 aliphatic heterocycles. The van der Waals surface area contributed by atoms with Gasteiger partial charge in [-0.05, 0) is 51.8 Å². The molecule has 0 bridgehead atoms. The molecule has 0 spiro atoms. The summed E-state index contributed by atoms with van der Waals surface area (Å²) in [6.07, 6.45) is 8.94. The minimum Gasteiger partial charge on any atom is -0.265 e. The molecule has 0 saturated heterocycles. The van der Waals surface area contributed by atoms with Crippen molar-refractivity contribution in [2.24, 2.45) is 0 Å². The molecule has 0 atom stereocenters. The number of rotatable bonds is 2. The van der Waals surface area contributed by atoms with E-state index in [1.165, 1.54) is 0 Å². The van der Waals surface area contributed by atoms with Crippen molar-refractivity contribution in [2.45, 2.75) is 0 Å². The van der Waals surface area contributed by atoms with Crippen LogP contribution in [0.5, 0.6) is 0 Å². The fraction of sp³-hybridized carbons (Fsp3) is 0. The van der Waals surface area contributed by atoms with Gasteiger partial charge in [-0.3, -0.25) is 15.0 Å². The number of hydrogen-bond acceptors (Lipinski definition) is 3. The standard InChI is InChI=1S/C15H10BrN3/c16-13-8-14(11-3-6-17-7-4-11)15(19-10-13)12-2-1-5-18-9-12/h1-10H. The molecule has 0 aliphatic rings. The van der Waals surface area contributed by atoms with Crippen molar-refractivity contribution in [3.63, 3.8) is 0 Å². The summed E-state index contributed by atoms with van der Waals surface area (Å²) in [5.41, 5.74) is 4.07. The average Bonchev–Trinajstić information content (AvgIpc) is 2.49. The molecule has 3 nitrogen and oxygen atoms in total. The second-order valence-electron chi connectivity index (χ2n) is 4.03. The lowest BCUT2D eigenvalue weighted by Gasteiger charge is -2.09. The Morgan fingerprint density at radius 2 is 1.68 bits per heavy atom. The third kappa shape index (κ3) is 2.53. The van der Waals surface area contributed by atoms with Gasteiger partial charge in [0.2, 0.25) is 0 Å². The van der Waals surface area contributed by atoms with Gasteiger partial charge in [-0.25, -0.2) is 0 Å². The van der Waals surface area contributed by atoms with Crippen LogP contribution < -0.4 is 0 Å². The predicted molar refractivity (Wildman–Crippen MR) is 78.4 cm³/mol. The van der Waals surface area contributed by atoms with Crippen molar-refractivity contribution in [2.75, 3.05) is 0 Å². The summed E-state index contributed by atoms with van der Waals surface area (Å²) in [7, 11) is 0. The first-order valence-corrected chi connectivity index (χ1v) is 6.60. The number of halogens is 1. The van der Waals surface area contributed by atoms with Gasteiger partial charge in [-0.1, -0.05) is 0 Å². The monoisotopic (exact) mass is 311 g/mol. The fourth-order valence-electron chi connectivity index (χ4n) is 1.92. The molecule has 19 heavy (non-hydrogen) atoms. The summed E-state index contributed by atoms with van der Waals surface area (Å²) < 4.78 is 0.951. The van der Waals surface area contributed by atoms with E-state index in [2.05, 4.69) is 36.9 Å². The van der Waals surface area contributed by atoms with Crippen molar-refractivity contribution in [1.29, 1.82) is 0 Å². The van der Waals surface area contributed by atoms with E-state index >= 15 is 0 Å². The largest absolute Gasteiger partial charge is 0.265 e. The van der Waals surface area contributed by atoms with Crippen LogP contribution in [0, 0.1) is 0 Å². The van der Waals surface area contributed by atoms with E-state index in [4.69, 9.17) is 0 Å². The first-order chi connectivity index (χ1) is 9.34. The zero-order valence-electron chi connectivity index (χ0n) is 9.99. The van der Waals surface area contributed by atoms with Crippen LogP contribution in [0.1, 0.15) is 0 Å². The van der Waals surface area contributed by atoms with Gasteiger partial charge < -0.3 is 0 Å². The Morgan fingerprint density at radius 3 is 2.42 bits per heavy atom. The molecule has 0 aliphatic carbocycles. The molecule has 3 aromatic rings. The summed E-state index contributed by atoms with van der Waals surface area (Å²) in [6.45, 7) is 0. The molecular weight excluding hydrogens is 302 g/mol. The van der Waals surface area contributed by atoms with E-state index in [0.29, 0.717) is 0 Å². The second-order valence-corrected chi connectivity index (χ2v) is 4.94. The molecule has 3 aromatic heterocycles. The number of hydrogen-bond donors (Lipinski definition) is 0. The van der Waals surface area contributed by atoms with Gasteiger partial charge in [-0.15, -0.1) is 0 Å². The van der Waals surface area contributed by atoms with Crippen LogP contribution in [-0.2, 0) is 0 Å². The zero-order chi connectivity index (χ0) is 13.1. The SMILES string of the molecule is Brc1cnc(-c2cccnc2)c(-c2ccncc2)c1. The van der Waals surface area contributed by atoms with Crippen molar-refractivity contribution in [1.82, 2.24) is 15.0 Å². The van der Waals surface area contributed by atoms with E-state index in [1.807, 2.05) is 30.5 Å². The highest BCUT2D eigenvalue weighted by Gasteiger charge is 2.09. The Kier molecular flexibility index (Phi) is 3.33. The highest BCUT2D eigenvalue weighted by molar-refractivity contribution is 9.10. The number of nitrogens with zero attached hydrogens (tertiary/aromatic N) is 3. The number of aromatic nitrogens is 3. The molecule has 3 heterocycles. The van der Waals surface area contributed by atoms with Crippen LogP contribution in [0.3, 0.4) is 0 Å². The average molecular weight is 312 g/mol. The Labute approximate surface area is 119 Å². The predicted octanol–water partition coefficient (Wildman–Crippen LogP) is 3.97. The van der Waals surface area contributed by atoms with E-state index in [0.717, 1.165) is 26.9 Å². The highest BCUT2D eigenvalue weighted by Crippen LogP contribution is 2.31. The van der Waals surface area contributed by atoms with Crippen LogP contribution in [0.2, 0.25) is 0 Å². The molecule has 4 heteroatoms. The summed E-state index contributed by atoms with van der Waals surface area (Å²) in [5.74, 6) is 0. The maximum Gasteiger partial charge on any atom is 0.0796 e. The van der Waals surface area contributed by atoms with Gasteiger partial charge in [0, 0.05) is 46.6 Å².